The molecular weight excluding hydrogens is 520 g/mol. The lowest BCUT2D eigenvalue weighted by atomic mass is 10.2. The first-order chi connectivity index (χ1) is 16.1. The number of carbonyl (C=O) groups is 1. The number of imidazole rings is 1. The second kappa shape index (κ2) is 11.3. The van der Waals surface area contributed by atoms with Crippen molar-refractivity contribution in [3.63, 3.8) is 0 Å². The van der Waals surface area contributed by atoms with E-state index < -0.39 is 0 Å². The molecule has 0 aliphatic rings. The van der Waals surface area contributed by atoms with Crippen LogP contribution < -0.4 is 5.43 Å². The number of halogens is 2. The lowest BCUT2D eigenvalue weighted by molar-refractivity contribution is -0.118. The van der Waals surface area contributed by atoms with Gasteiger partial charge in [-0.3, -0.25) is 4.79 Å². The number of aromatic nitrogens is 2. The SMILES string of the molecule is O=C(CSc1nc2ccccc2n1Cc1ccccc1Cl)NN=C/C(Br)=C/c1ccccc1. The summed E-state index contributed by atoms with van der Waals surface area (Å²) >= 11 is 11.2. The highest BCUT2D eigenvalue weighted by Crippen LogP contribution is 2.27. The van der Waals surface area contributed by atoms with Crippen molar-refractivity contribution in [2.24, 2.45) is 5.10 Å². The fourth-order valence-electron chi connectivity index (χ4n) is 3.19. The molecule has 1 N–H and O–H groups in total. The molecule has 1 aromatic heterocycles. The third-order valence-electron chi connectivity index (χ3n) is 4.72. The van der Waals surface area contributed by atoms with Gasteiger partial charge in [0.2, 0.25) is 0 Å². The van der Waals surface area contributed by atoms with Gasteiger partial charge in [0.25, 0.3) is 5.91 Å². The zero-order valence-corrected chi connectivity index (χ0v) is 20.6. The second-order valence-electron chi connectivity index (χ2n) is 7.08. The molecule has 0 bridgehead atoms. The summed E-state index contributed by atoms with van der Waals surface area (Å²) in [5, 5.41) is 5.48. The van der Waals surface area contributed by atoms with E-state index in [9.17, 15) is 4.79 Å². The Bertz CT molecular complexity index is 1320. The number of benzene rings is 3. The van der Waals surface area contributed by atoms with Gasteiger partial charge in [0, 0.05) is 9.51 Å². The van der Waals surface area contributed by atoms with Crippen molar-refractivity contribution in [1.82, 2.24) is 15.0 Å². The van der Waals surface area contributed by atoms with E-state index in [0.717, 1.165) is 31.8 Å². The minimum atomic E-state index is -0.215. The lowest BCUT2D eigenvalue weighted by Gasteiger charge is -2.10. The Kier molecular flexibility index (Phi) is 7.99. The molecular formula is C25H20BrClN4OS. The molecule has 0 atom stereocenters. The van der Waals surface area contributed by atoms with Crippen LogP contribution in [0.25, 0.3) is 17.1 Å². The number of hydrazone groups is 1. The molecule has 3 aromatic carbocycles. The summed E-state index contributed by atoms with van der Waals surface area (Å²) in [6.45, 7) is 0.569. The normalized spacial score (nSPS) is 11.9. The quantitative estimate of drug-likeness (QED) is 0.161. The van der Waals surface area contributed by atoms with Crippen LogP contribution in [0.15, 0.2) is 93.6 Å². The van der Waals surface area contributed by atoms with Crippen molar-refractivity contribution < 1.29 is 4.79 Å². The number of hydrogen-bond acceptors (Lipinski definition) is 4. The van der Waals surface area contributed by atoms with E-state index in [0.29, 0.717) is 11.6 Å². The molecule has 4 rings (SSSR count). The van der Waals surface area contributed by atoms with E-state index in [-0.39, 0.29) is 11.7 Å². The van der Waals surface area contributed by atoms with Crippen molar-refractivity contribution in [2.45, 2.75) is 11.7 Å². The van der Waals surface area contributed by atoms with E-state index in [1.807, 2.05) is 84.9 Å². The van der Waals surface area contributed by atoms with Gasteiger partial charge in [-0.15, -0.1) is 0 Å². The molecule has 1 amide bonds. The summed E-state index contributed by atoms with van der Waals surface area (Å²) in [5.74, 6) is -0.0314. The Morgan fingerprint density at radius 3 is 2.61 bits per heavy atom. The highest BCUT2D eigenvalue weighted by atomic mass is 79.9. The Labute approximate surface area is 209 Å². The zero-order chi connectivity index (χ0) is 23.0. The summed E-state index contributed by atoms with van der Waals surface area (Å²) in [6, 6.07) is 25.5. The summed E-state index contributed by atoms with van der Waals surface area (Å²) in [7, 11) is 0. The number of fused-ring (bicyclic) bond motifs is 1. The Hall–Kier alpha value is -2.87. The van der Waals surface area contributed by atoms with Crippen LogP contribution in [0.1, 0.15) is 11.1 Å². The van der Waals surface area contributed by atoms with Crippen molar-refractivity contribution in [3.05, 3.63) is 99.5 Å². The van der Waals surface area contributed by atoms with Crippen molar-refractivity contribution in [2.75, 3.05) is 5.75 Å². The van der Waals surface area contributed by atoms with Gasteiger partial charge >= 0.3 is 0 Å². The van der Waals surface area contributed by atoms with Gasteiger partial charge in [-0.25, -0.2) is 10.4 Å². The number of amides is 1. The first kappa shape index (κ1) is 23.3. The van der Waals surface area contributed by atoms with Gasteiger partial charge in [-0.2, -0.15) is 5.10 Å². The molecule has 0 spiro atoms. The highest BCUT2D eigenvalue weighted by Gasteiger charge is 2.14. The van der Waals surface area contributed by atoms with Crippen LogP contribution in [0, 0.1) is 0 Å². The molecule has 4 aromatic rings. The van der Waals surface area contributed by atoms with Crippen molar-refractivity contribution in [1.29, 1.82) is 0 Å². The van der Waals surface area contributed by atoms with Gasteiger partial charge in [0.1, 0.15) is 0 Å². The van der Waals surface area contributed by atoms with Crippen molar-refractivity contribution >= 4 is 68.5 Å². The third-order valence-corrected chi connectivity index (χ3v) is 6.50. The average molecular weight is 540 g/mol. The Morgan fingerprint density at radius 1 is 1.06 bits per heavy atom. The van der Waals surface area contributed by atoms with Crippen LogP contribution in [0.3, 0.4) is 0 Å². The fourth-order valence-corrected chi connectivity index (χ4v) is 4.56. The molecule has 0 saturated heterocycles. The van der Waals surface area contributed by atoms with Gasteiger partial charge in [0.05, 0.1) is 29.5 Å². The zero-order valence-electron chi connectivity index (χ0n) is 17.5. The van der Waals surface area contributed by atoms with Gasteiger partial charge in [0.15, 0.2) is 5.16 Å². The highest BCUT2D eigenvalue weighted by molar-refractivity contribution is 9.12. The maximum atomic E-state index is 12.4. The summed E-state index contributed by atoms with van der Waals surface area (Å²) in [6.07, 6.45) is 3.48. The molecule has 8 heteroatoms. The first-order valence-corrected chi connectivity index (χ1v) is 12.3. The molecule has 0 saturated carbocycles. The predicted molar refractivity (Wildman–Crippen MR) is 141 cm³/mol. The maximum absolute atomic E-state index is 12.4. The van der Waals surface area contributed by atoms with E-state index in [2.05, 4.69) is 31.0 Å². The third kappa shape index (κ3) is 6.35. The Balaban J connectivity index is 1.42. The second-order valence-corrected chi connectivity index (χ2v) is 9.35. The molecule has 0 radical (unpaired) electrons. The molecule has 0 aliphatic heterocycles. The lowest BCUT2D eigenvalue weighted by Crippen LogP contribution is -2.20. The van der Waals surface area contributed by atoms with Crippen LogP contribution in [0.2, 0.25) is 5.02 Å². The van der Waals surface area contributed by atoms with Crippen LogP contribution >= 0.6 is 39.3 Å². The molecule has 0 aliphatic carbocycles. The molecule has 0 unspecified atom stereocenters. The smallest absolute Gasteiger partial charge is 0.250 e. The molecule has 33 heavy (non-hydrogen) atoms. The number of thioether (sulfide) groups is 1. The number of nitrogens with zero attached hydrogens (tertiary/aromatic N) is 3. The van der Waals surface area contributed by atoms with Crippen molar-refractivity contribution in [3.8, 4) is 0 Å². The Morgan fingerprint density at radius 2 is 1.79 bits per heavy atom. The predicted octanol–water partition coefficient (Wildman–Crippen LogP) is 6.37. The van der Waals surface area contributed by atoms with Crippen LogP contribution in [-0.4, -0.2) is 27.4 Å². The summed E-state index contributed by atoms with van der Waals surface area (Å²) < 4.78 is 2.83. The molecule has 0 fully saturated rings. The average Bonchev–Trinajstić information content (AvgIpc) is 3.17. The minimum absolute atomic E-state index is 0.184. The van der Waals surface area contributed by atoms with Gasteiger partial charge < -0.3 is 4.57 Å². The number of allylic oxidation sites excluding steroid dienone is 1. The van der Waals surface area contributed by atoms with Crippen LogP contribution in [-0.2, 0) is 11.3 Å². The van der Waals surface area contributed by atoms with Gasteiger partial charge in [-0.05, 0) is 51.3 Å². The number of hydrogen-bond donors (Lipinski definition) is 1. The largest absolute Gasteiger partial charge is 0.314 e. The minimum Gasteiger partial charge on any atom is -0.314 e. The number of para-hydroxylation sites is 2. The summed E-state index contributed by atoms with van der Waals surface area (Å²) in [4.78, 5) is 17.1. The molecule has 1 heterocycles. The van der Waals surface area contributed by atoms with Crippen LogP contribution in [0.5, 0.6) is 0 Å². The van der Waals surface area contributed by atoms with Gasteiger partial charge in [-0.1, -0.05) is 84.0 Å². The fraction of sp³-hybridized carbons (Fsp3) is 0.0800. The number of rotatable bonds is 8. The maximum Gasteiger partial charge on any atom is 0.250 e. The van der Waals surface area contributed by atoms with Crippen LogP contribution in [0.4, 0.5) is 0 Å². The van der Waals surface area contributed by atoms with E-state index in [1.54, 1.807) is 6.21 Å². The van der Waals surface area contributed by atoms with E-state index >= 15 is 0 Å². The topological polar surface area (TPSA) is 59.3 Å². The number of carbonyl (C=O) groups excluding carboxylic acids is 1. The number of nitrogens with one attached hydrogen (secondary N) is 1. The van der Waals surface area contributed by atoms with E-state index in [4.69, 9.17) is 16.6 Å². The molecule has 166 valence electrons. The van der Waals surface area contributed by atoms with E-state index in [1.165, 1.54) is 11.8 Å². The summed E-state index contributed by atoms with van der Waals surface area (Å²) in [5.41, 5.74) is 6.46. The molecule has 5 nitrogen and oxygen atoms in total. The monoisotopic (exact) mass is 538 g/mol. The first-order valence-electron chi connectivity index (χ1n) is 10.2. The standard InChI is InChI=1S/C25H20BrClN4OS/c26-20(14-18-8-2-1-3-9-18)15-28-30-24(32)17-33-25-29-22-12-6-7-13-23(22)31(25)16-19-10-4-5-11-21(19)27/h1-15H,16-17H2,(H,30,32)/b20-14-,28-15?.